The quantitative estimate of drug-likeness (QED) is 0.691. The fourth-order valence-electron chi connectivity index (χ4n) is 1.78. The van der Waals surface area contributed by atoms with Crippen LogP contribution in [0.15, 0.2) is 30.3 Å². The molecule has 0 bridgehead atoms. The van der Waals surface area contributed by atoms with Crippen molar-refractivity contribution in [3.63, 3.8) is 0 Å². The molecule has 0 radical (unpaired) electrons. The van der Waals surface area contributed by atoms with Crippen LogP contribution in [-0.4, -0.2) is 38.9 Å². The Hall–Kier alpha value is -0.950. The molecule has 1 aromatic rings. The SMILES string of the molecule is CN(Cc1ccccc1)S(=O)(=O)NCCNC1CC1. The van der Waals surface area contributed by atoms with Gasteiger partial charge < -0.3 is 5.32 Å². The summed E-state index contributed by atoms with van der Waals surface area (Å²) in [6.45, 7) is 1.49. The summed E-state index contributed by atoms with van der Waals surface area (Å²) in [6, 6.07) is 10.2. The summed E-state index contributed by atoms with van der Waals surface area (Å²) >= 11 is 0. The van der Waals surface area contributed by atoms with Gasteiger partial charge in [-0.3, -0.25) is 0 Å². The fourth-order valence-corrected chi connectivity index (χ4v) is 2.68. The first-order valence-electron chi connectivity index (χ1n) is 6.56. The van der Waals surface area contributed by atoms with Gasteiger partial charge >= 0.3 is 0 Å². The molecular weight excluding hydrogens is 262 g/mol. The molecule has 1 aliphatic rings. The van der Waals surface area contributed by atoms with E-state index in [1.54, 1.807) is 7.05 Å². The van der Waals surface area contributed by atoms with E-state index < -0.39 is 10.2 Å². The van der Waals surface area contributed by atoms with Gasteiger partial charge in [-0.05, 0) is 18.4 Å². The lowest BCUT2D eigenvalue weighted by molar-refractivity contribution is 0.454. The third-order valence-electron chi connectivity index (χ3n) is 3.08. The van der Waals surface area contributed by atoms with Gasteiger partial charge in [0.2, 0.25) is 0 Å². The second-order valence-corrected chi connectivity index (χ2v) is 6.73. The minimum Gasteiger partial charge on any atom is -0.313 e. The van der Waals surface area contributed by atoms with E-state index in [1.807, 2.05) is 30.3 Å². The van der Waals surface area contributed by atoms with Gasteiger partial charge in [-0.25, -0.2) is 4.72 Å². The second-order valence-electron chi connectivity index (χ2n) is 4.87. The fraction of sp³-hybridized carbons (Fsp3) is 0.538. The van der Waals surface area contributed by atoms with Gasteiger partial charge in [0.15, 0.2) is 0 Å². The predicted molar refractivity (Wildman–Crippen MR) is 75.9 cm³/mol. The van der Waals surface area contributed by atoms with Crippen molar-refractivity contribution in [3.8, 4) is 0 Å². The Morgan fingerprint density at radius 1 is 1.21 bits per heavy atom. The van der Waals surface area contributed by atoms with Crippen LogP contribution in [0.1, 0.15) is 18.4 Å². The summed E-state index contributed by atoms with van der Waals surface area (Å²) in [4.78, 5) is 0. The van der Waals surface area contributed by atoms with Crippen LogP contribution in [0, 0.1) is 0 Å². The highest BCUT2D eigenvalue weighted by Crippen LogP contribution is 2.17. The lowest BCUT2D eigenvalue weighted by Gasteiger charge is -2.17. The van der Waals surface area contributed by atoms with E-state index >= 15 is 0 Å². The highest BCUT2D eigenvalue weighted by atomic mass is 32.2. The van der Waals surface area contributed by atoms with Crippen LogP contribution in [0.3, 0.4) is 0 Å². The third kappa shape index (κ3) is 4.91. The number of hydrogen-bond acceptors (Lipinski definition) is 3. The molecule has 1 fully saturated rings. The molecule has 1 aromatic carbocycles. The van der Waals surface area contributed by atoms with Crippen molar-refractivity contribution < 1.29 is 8.42 Å². The molecule has 0 atom stereocenters. The largest absolute Gasteiger partial charge is 0.313 e. The summed E-state index contributed by atoms with van der Waals surface area (Å²) < 4.78 is 27.9. The third-order valence-corrected chi connectivity index (χ3v) is 4.60. The Kier molecular flexibility index (Phi) is 4.93. The Morgan fingerprint density at radius 3 is 2.53 bits per heavy atom. The molecule has 0 aromatic heterocycles. The number of benzene rings is 1. The van der Waals surface area contributed by atoms with Gasteiger partial charge in [0.1, 0.15) is 0 Å². The number of rotatable bonds is 8. The maximum Gasteiger partial charge on any atom is 0.279 e. The van der Waals surface area contributed by atoms with E-state index in [0.717, 1.165) is 5.56 Å². The monoisotopic (exact) mass is 283 g/mol. The first-order valence-corrected chi connectivity index (χ1v) is 8.00. The Balaban J connectivity index is 1.77. The lowest BCUT2D eigenvalue weighted by atomic mass is 10.2. The summed E-state index contributed by atoms with van der Waals surface area (Å²) in [5.41, 5.74) is 0.978. The van der Waals surface area contributed by atoms with Crippen molar-refractivity contribution in [2.24, 2.45) is 0 Å². The molecule has 0 unspecified atom stereocenters. The first kappa shape index (κ1) is 14.5. The standard InChI is InChI=1S/C13H21N3O2S/c1-16(11-12-5-3-2-4-6-12)19(17,18)15-10-9-14-13-7-8-13/h2-6,13-15H,7-11H2,1H3. The van der Waals surface area contributed by atoms with Gasteiger partial charge in [-0.2, -0.15) is 12.7 Å². The number of nitrogens with one attached hydrogen (secondary N) is 2. The molecule has 0 aliphatic heterocycles. The molecule has 0 spiro atoms. The van der Waals surface area contributed by atoms with Crippen LogP contribution in [-0.2, 0) is 16.8 Å². The highest BCUT2D eigenvalue weighted by molar-refractivity contribution is 7.87. The van der Waals surface area contributed by atoms with Crippen molar-refractivity contribution in [2.75, 3.05) is 20.1 Å². The Bertz CT molecular complexity index is 486. The zero-order valence-corrected chi connectivity index (χ0v) is 12.0. The molecule has 6 heteroatoms. The zero-order valence-electron chi connectivity index (χ0n) is 11.2. The minimum absolute atomic E-state index is 0.381. The minimum atomic E-state index is -3.39. The summed E-state index contributed by atoms with van der Waals surface area (Å²) in [7, 11) is -1.81. The molecule has 1 aliphatic carbocycles. The van der Waals surface area contributed by atoms with Crippen LogP contribution < -0.4 is 10.0 Å². The van der Waals surface area contributed by atoms with Crippen LogP contribution in [0.5, 0.6) is 0 Å². The Morgan fingerprint density at radius 2 is 1.89 bits per heavy atom. The van der Waals surface area contributed by atoms with Crippen LogP contribution >= 0.6 is 0 Å². The van der Waals surface area contributed by atoms with E-state index in [9.17, 15) is 8.42 Å². The summed E-state index contributed by atoms with van der Waals surface area (Å²) in [5.74, 6) is 0. The molecule has 2 rings (SSSR count). The van der Waals surface area contributed by atoms with Crippen molar-refractivity contribution >= 4 is 10.2 Å². The zero-order chi connectivity index (χ0) is 13.7. The van der Waals surface area contributed by atoms with E-state index in [-0.39, 0.29) is 0 Å². The molecular formula is C13H21N3O2S. The topological polar surface area (TPSA) is 61.4 Å². The smallest absolute Gasteiger partial charge is 0.279 e. The predicted octanol–water partition coefficient (Wildman–Crippen LogP) is 0.705. The summed E-state index contributed by atoms with van der Waals surface area (Å²) in [6.07, 6.45) is 2.42. The van der Waals surface area contributed by atoms with Crippen LogP contribution in [0.25, 0.3) is 0 Å². The Labute approximate surface area is 115 Å². The normalized spacial score (nSPS) is 15.9. The van der Waals surface area contributed by atoms with Crippen LogP contribution in [0.2, 0.25) is 0 Å². The molecule has 19 heavy (non-hydrogen) atoms. The average Bonchev–Trinajstić information content (AvgIpc) is 3.20. The average molecular weight is 283 g/mol. The van der Waals surface area contributed by atoms with Crippen molar-refractivity contribution in [1.29, 1.82) is 0 Å². The van der Waals surface area contributed by atoms with Crippen molar-refractivity contribution in [2.45, 2.75) is 25.4 Å². The van der Waals surface area contributed by atoms with Crippen molar-refractivity contribution in [3.05, 3.63) is 35.9 Å². The molecule has 0 heterocycles. The maximum absolute atomic E-state index is 12.0. The van der Waals surface area contributed by atoms with E-state index in [4.69, 9.17) is 0 Å². The molecule has 2 N–H and O–H groups in total. The highest BCUT2D eigenvalue weighted by Gasteiger charge is 2.21. The van der Waals surface area contributed by atoms with Crippen molar-refractivity contribution in [1.82, 2.24) is 14.3 Å². The molecule has 1 saturated carbocycles. The maximum atomic E-state index is 12.0. The molecule has 5 nitrogen and oxygen atoms in total. The molecule has 106 valence electrons. The van der Waals surface area contributed by atoms with E-state index in [0.29, 0.717) is 25.7 Å². The second kappa shape index (κ2) is 6.47. The van der Waals surface area contributed by atoms with Gasteiger partial charge in [-0.15, -0.1) is 0 Å². The van der Waals surface area contributed by atoms with Gasteiger partial charge in [0.05, 0.1) is 0 Å². The lowest BCUT2D eigenvalue weighted by Crippen LogP contribution is -2.41. The van der Waals surface area contributed by atoms with Gasteiger partial charge in [0, 0.05) is 32.7 Å². The van der Waals surface area contributed by atoms with Crippen LogP contribution in [0.4, 0.5) is 0 Å². The first-order chi connectivity index (χ1) is 9.08. The molecule has 0 amide bonds. The van der Waals surface area contributed by atoms with Gasteiger partial charge in [-0.1, -0.05) is 30.3 Å². The van der Waals surface area contributed by atoms with E-state index in [1.165, 1.54) is 17.1 Å². The summed E-state index contributed by atoms with van der Waals surface area (Å²) in [5, 5.41) is 3.27. The molecule has 0 saturated heterocycles. The van der Waals surface area contributed by atoms with Gasteiger partial charge in [0.25, 0.3) is 10.2 Å². The van der Waals surface area contributed by atoms with E-state index in [2.05, 4.69) is 10.0 Å². The number of hydrogen-bond donors (Lipinski definition) is 2. The number of nitrogens with zero attached hydrogens (tertiary/aromatic N) is 1.